The number of carbonyl (C=O) groups excluding carboxylic acids is 1. The van der Waals surface area contributed by atoms with Crippen LogP contribution in [0.15, 0.2) is 0 Å². The summed E-state index contributed by atoms with van der Waals surface area (Å²) in [6, 6.07) is 0. The van der Waals surface area contributed by atoms with Crippen molar-refractivity contribution in [1.29, 1.82) is 0 Å². The van der Waals surface area contributed by atoms with Crippen LogP contribution in [0, 0.1) is 0 Å². The van der Waals surface area contributed by atoms with Gasteiger partial charge in [0.05, 0.1) is 0 Å². The van der Waals surface area contributed by atoms with E-state index in [1.54, 1.807) is 0 Å². The fourth-order valence-electron chi connectivity index (χ4n) is 4.37. The minimum absolute atomic E-state index is 0.0544. The smallest absolute Gasteiger partial charge is 0.165 e. The minimum atomic E-state index is -1.27. The van der Waals surface area contributed by atoms with Crippen LogP contribution in [0.25, 0.3) is 0 Å². The van der Waals surface area contributed by atoms with E-state index in [9.17, 15) is 9.90 Å². The van der Waals surface area contributed by atoms with Crippen molar-refractivity contribution in [3.63, 3.8) is 0 Å². The molecule has 0 aliphatic carbocycles. The molecule has 180 valence electrons. The lowest BCUT2D eigenvalue weighted by Crippen LogP contribution is -2.45. The second-order valence-electron chi connectivity index (χ2n) is 9.52. The summed E-state index contributed by atoms with van der Waals surface area (Å²) in [4.78, 5) is 12.1. The molecule has 0 aromatic heterocycles. The second-order valence-corrected chi connectivity index (χ2v) is 9.52. The standard InChI is InChI=1S/C27H55NO2/c1-3-5-6-7-8-9-10-11-12-13-14-15-16-17-18-19-20-21-22-23-26(29)27(30,25-28)24-4-2/h30H,3-25,28H2,1-2H3. The van der Waals surface area contributed by atoms with Gasteiger partial charge in [-0.15, -0.1) is 0 Å². The summed E-state index contributed by atoms with van der Waals surface area (Å²) < 4.78 is 0. The van der Waals surface area contributed by atoms with E-state index < -0.39 is 5.60 Å². The molecule has 0 spiro atoms. The Labute approximate surface area is 189 Å². The summed E-state index contributed by atoms with van der Waals surface area (Å²) in [6.45, 7) is 4.32. The summed E-state index contributed by atoms with van der Waals surface area (Å²) in [5.41, 5.74) is 4.32. The summed E-state index contributed by atoms with van der Waals surface area (Å²) in [6.07, 6.45) is 27.4. The summed E-state index contributed by atoms with van der Waals surface area (Å²) in [5.74, 6) is -0.0566. The maximum absolute atomic E-state index is 12.1. The molecule has 0 bridgehead atoms. The minimum Gasteiger partial charge on any atom is -0.381 e. The van der Waals surface area contributed by atoms with Crippen molar-refractivity contribution < 1.29 is 9.90 Å². The number of carbonyl (C=O) groups is 1. The van der Waals surface area contributed by atoms with Gasteiger partial charge in [-0.2, -0.15) is 0 Å². The van der Waals surface area contributed by atoms with Crippen LogP contribution in [0.4, 0.5) is 0 Å². The van der Waals surface area contributed by atoms with Gasteiger partial charge in [0.1, 0.15) is 5.60 Å². The number of unbranched alkanes of at least 4 members (excludes halogenated alkanes) is 18. The Morgan fingerprint density at radius 1 is 0.600 bits per heavy atom. The van der Waals surface area contributed by atoms with Crippen molar-refractivity contribution in [3.05, 3.63) is 0 Å². The highest BCUT2D eigenvalue weighted by Crippen LogP contribution is 2.18. The van der Waals surface area contributed by atoms with Gasteiger partial charge in [-0.1, -0.05) is 136 Å². The molecule has 3 nitrogen and oxygen atoms in total. The normalized spacial score (nSPS) is 13.5. The fourth-order valence-corrected chi connectivity index (χ4v) is 4.37. The molecule has 0 rings (SSSR count). The number of aliphatic hydroxyl groups is 1. The third-order valence-electron chi connectivity index (χ3n) is 6.53. The zero-order chi connectivity index (χ0) is 22.3. The van der Waals surface area contributed by atoms with Crippen LogP contribution in [0.3, 0.4) is 0 Å². The Morgan fingerprint density at radius 2 is 0.933 bits per heavy atom. The van der Waals surface area contributed by atoms with Crippen LogP contribution in [-0.4, -0.2) is 23.0 Å². The second kappa shape index (κ2) is 21.8. The number of nitrogens with two attached hydrogens (primary N) is 1. The van der Waals surface area contributed by atoms with E-state index in [2.05, 4.69) is 6.92 Å². The van der Waals surface area contributed by atoms with Gasteiger partial charge in [0, 0.05) is 13.0 Å². The highest BCUT2D eigenvalue weighted by Gasteiger charge is 2.32. The zero-order valence-electron chi connectivity index (χ0n) is 20.7. The molecule has 1 unspecified atom stereocenters. The fraction of sp³-hybridized carbons (Fsp3) is 0.963. The van der Waals surface area contributed by atoms with Crippen molar-refractivity contribution >= 4 is 5.78 Å². The van der Waals surface area contributed by atoms with E-state index in [0.717, 1.165) is 19.3 Å². The maximum atomic E-state index is 12.1. The van der Waals surface area contributed by atoms with Crippen LogP contribution in [0.5, 0.6) is 0 Å². The van der Waals surface area contributed by atoms with Gasteiger partial charge in [-0.3, -0.25) is 4.79 Å². The van der Waals surface area contributed by atoms with Crippen LogP contribution < -0.4 is 5.73 Å². The molecule has 0 amide bonds. The topological polar surface area (TPSA) is 63.3 Å². The van der Waals surface area contributed by atoms with Crippen molar-refractivity contribution in [3.8, 4) is 0 Å². The highest BCUT2D eigenvalue weighted by atomic mass is 16.3. The number of hydrogen-bond acceptors (Lipinski definition) is 3. The Kier molecular flexibility index (Phi) is 21.5. The van der Waals surface area contributed by atoms with E-state index >= 15 is 0 Å². The molecule has 0 aromatic carbocycles. The van der Waals surface area contributed by atoms with Gasteiger partial charge in [0.15, 0.2) is 5.78 Å². The third-order valence-corrected chi connectivity index (χ3v) is 6.53. The molecule has 0 heterocycles. The van der Waals surface area contributed by atoms with E-state index in [1.165, 1.54) is 109 Å². The average Bonchev–Trinajstić information content (AvgIpc) is 2.75. The lowest BCUT2D eigenvalue weighted by Gasteiger charge is -2.24. The van der Waals surface area contributed by atoms with E-state index in [4.69, 9.17) is 5.73 Å². The lowest BCUT2D eigenvalue weighted by molar-refractivity contribution is -0.137. The number of ketones is 1. The first-order valence-electron chi connectivity index (χ1n) is 13.6. The Morgan fingerprint density at radius 3 is 1.23 bits per heavy atom. The van der Waals surface area contributed by atoms with Crippen molar-refractivity contribution in [2.24, 2.45) is 5.73 Å². The lowest BCUT2D eigenvalue weighted by atomic mass is 9.90. The quantitative estimate of drug-likeness (QED) is 0.155. The number of rotatable bonds is 24. The number of Topliss-reactive ketones (excluding diaryl/α,β-unsaturated/α-hetero) is 1. The largest absolute Gasteiger partial charge is 0.381 e. The Bertz CT molecular complexity index is 372. The average molecular weight is 426 g/mol. The molecule has 0 saturated carbocycles. The SMILES string of the molecule is CCCCCCCCCCCCCCCCCCCCCC(=O)C(O)(CN)CCC. The first-order valence-corrected chi connectivity index (χ1v) is 13.6. The molecule has 0 saturated heterocycles. The Hall–Kier alpha value is -0.410. The highest BCUT2D eigenvalue weighted by molar-refractivity contribution is 5.87. The third kappa shape index (κ3) is 17.3. The van der Waals surface area contributed by atoms with Gasteiger partial charge < -0.3 is 10.8 Å². The van der Waals surface area contributed by atoms with Crippen LogP contribution in [0.1, 0.15) is 155 Å². The van der Waals surface area contributed by atoms with Crippen LogP contribution >= 0.6 is 0 Å². The molecule has 1 atom stereocenters. The van der Waals surface area contributed by atoms with Gasteiger partial charge in [0.2, 0.25) is 0 Å². The van der Waals surface area contributed by atoms with E-state index in [-0.39, 0.29) is 12.3 Å². The zero-order valence-corrected chi connectivity index (χ0v) is 20.7. The molecule has 0 radical (unpaired) electrons. The van der Waals surface area contributed by atoms with Crippen LogP contribution in [0.2, 0.25) is 0 Å². The first kappa shape index (κ1) is 29.6. The maximum Gasteiger partial charge on any atom is 0.165 e. The monoisotopic (exact) mass is 425 g/mol. The molecule has 0 aromatic rings. The Balaban J connectivity index is 3.27. The molecule has 0 fully saturated rings. The molecule has 0 aliphatic heterocycles. The van der Waals surface area contributed by atoms with Gasteiger partial charge in [-0.25, -0.2) is 0 Å². The predicted molar refractivity (Wildman–Crippen MR) is 132 cm³/mol. The van der Waals surface area contributed by atoms with Gasteiger partial charge in [0.25, 0.3) is 0 Å². The molecule has 3 heteroatoms. The first-order chi connectivity index (χ1) is 14.6. The van der Waals surface area contributed by atoms with Crippen molar-refractivity contribution in [2.45, 2.75) is 161 Å². The van der Waals surface area contributed by atoms with E-state index in [1.807, 2.05) is 6.92 Å². The van der Waals surface area contributed by atoms with E-state index in [0.29, 0.717) is 12.8 Å². The molecule has 0 aliphatic rings. The molecule has 3 N–H and O–H groups in total. The van der Waals surface area contributed by atoms with Gasteiger partial charge in [-0.05, 0) is 12.8 Å². The molecular weight excluding hydrogens is 370 g/mol. The summed E-state index contributed by atoms with van der Waals surface area (Å²) >= 11 is 0. The summed E-state index contributed by atoms with van der Waals surface area (Å²) in [7, 11) is 0. The predicted octanol–water partition coefficient (Wildman–Crippen LogP) is 7.87. The number of hydrogen-bond donors (Lipinski definition) is 2. The van der Waals surface area contributed by atoms with Crippen molar-refractivity contribution in [2.75, 3.05) is 6.54 Å². The molecule has 30 heavy (non-hydrogen) atoms. The molecular formula is C27H55NO2. The summed E-state index contributed by atoms with van der Waals surface area (Å²) in [5, 5.41) is 10.3. The van der Waals surface area contributed by atoms with Crippen molar-refractivity contribution in [1.82, 2.24) is 0 Å². The van der Waals surface area contributed by atoms with Gasteiger partial charge >= 0.3 is 0 Å². The van der Waals surface area contributed by atoms with Crippen LogP contribution in [-0.2, 0) is 4.79 Å².